The Balaban J connectivity index is 0.00000210. The predicted octanol–water partition coefficient (Wildman–Crippen LogP) is 5.59. The van der Waals surface area contributed by atoms with Gasteiger partial charge in [-0.3, -0.25) is 4.99 Å². The second-order valence-electron chi connectivity index (χ2n) is 6.11. The Labute approximate surface area is 173 Å². The number of benzene rings is 3. The zero-order chi connectivity index (χ0) is 17.8. The van der Waals surface area contributed by atoms with Crippen LogP contribution in [0.4, 0.5) is 0 Å². The molecule has 0 saturated carbocycles. The summed E-state index contributed by atoms with van der Waals surface area (Å²) in [5.74, 6) is 0.924. The summed E-state index contributed by atoms with van der Waals surface area (Å²) in [7, 11) is 0. The van der Waals surface area contributed by atoms with Crippen LogP contribution in [0.2, 0.25) is 0 Å². The molecule has 0 aliphatic heterocycles. The smallest absolute Gasteiger partial charge is 0.223 e. The van der Waals surface area contributed by atoms with E-state index in [-0.39, 0.29) is 17.0 Å². The van der Waals surface area contributed by atoms with E-state index in [9.17, 15) is 0 Å². The summed E-state index contributed by atoms with van der Waals surface area (Å²) < 4.78 is 2.16. The van der Waals surface area contributed by atoms with Gasteiger partial charge in [-0.2, -0.15) is 4.98 Å². The highest BCUT2D eigenvalue weighted by atomic mass is 79.9. The Morgan fingerprint density at radius 2 is 1.59 bits per heavy atom. The van der Waals surface area contributed by atoms with Crippen molar-refractivity contribution in [3.05, 3.63) is 101 Å². The van der Waals surface area contributed by atoms with Gasteiger partial charge in [-0.25, -0.2) is 3.96 Å². The standard InChI is InChI=1S/C22H19N3S.BrH/c1-17-9-8-14-20(15-17)25-21(19-12-6-3-7-13-19)24-22(26-25)23-16-18-10-4-2-5-11-18;/h2-15H,16H2,1H3;1H. The Bertz CT molecular complexity index is 1070. The maximum Gasteiger partial charge on any atom is 0.223 e. The number of hydrogen-bond donors (Lipinski definition) is 0. The van der Waals surface area contributed by atoms with Crippen LogP contribution in [-0.4, -0.2) is 8.94 Å². The van der Waals surface area contributed by atoms with E-state index in [1.54, 1.807) is 11.5 Å². The van der Waals surface area contributed by atoms with E-state index in [1.165, 1.54) is 11.1 Å². The van der Waals surface area contributed by atoms with Gasteiger partial charge in [0, 0.05) is 5.56 Å². The fourth-order valence-electron chi connectivity index (χ4n) is 2.79. The molecule has 136 valence electrons. The molecule has 4 rings (SSSR count). The van der Waals surface area contributed by atoms with Crippen LogP contribution in [0.5, 0.6) is 0 Å². The molecule has 0 radical (unpaired) electrons. The molecule has 0 N–H and O–H groups in total. The monoisotopic (exact) mass is 437 g/mol. The summed E-state index contributed by atoms with van der Waals surface area (Å²) in [6.45, 7) is 2.74. The number of hydrogen-bond acceptors (Lipinski definition) is 3. The molecule has 0 unspecified atom stereocenters. The van der Waals surface area contributed by atoms with E-state index in [4.69, 9.17) is 9.98 Å². The highest BCUT2D eigenvalue weighted by Gasteiger charge is 2.10. The van der Waals surface area contributed by atoms with Gasteiger partial charge in [0.2, 0.25) is 4.80 Å². The van der Waals surface area contributed by atoms with Crippen LogP contribution in [0.3, 0.4) is 0 Å². The van der Waals surface area contributed by atoms with Gasteiger partial charge in [-0.15, -0.1) is 17.0 Å². The van der Waals surface area contributed by atoms with Gasteiger partial charge >= 0.3 is 0 Å². The molecule has 1 aromatic heterocycles. The van der Waals surface area contributed by atoms with Gasteiger partial charge in [-0.05, 0) is 41.7 Å². The molecule has 3 nitrogen and oxygen atoms in total. The molecule has 3 aromatic carbocycles. The second kappa shape index (κ2) is 8.93. The maximum absolute atomic E-state index is 4.82. The van der Waals surface area contributed by atoms with Crippen LogP contribution < -0.4 is 4.80 Å². The minimum Gasteiger partial charge on any atom is -0.251 e. The summed E-state index contributed by atoms with van der Waals surface area (Å²) in [5, 5.41) is 0. The first kappa shape index (κ1) is 19.3. The van der Waals surface area contributed by atoms with Crippen molar-refractivity contribution in [2.24, 2.45) is 4.99 Å². The fourth-order valence-corrected chi connectivity index (χ4v) is 3.65. The van der Waals surface area contributed by atoms with Crippen LogP contribution in [0.1, 0.15) is 11.1 Å². The average Bonchev–Trinajstić information content (AvgIpc) is 3.12. The van der Waals surface area contributed by atoms with Gasteiger partial charge < -0.3 is 0 Å². The molecule has 0 fully saturated rings. The van der Waals surface area contributed by atoms with Crippen LogP contribution >= 0.6 is 28.5 Å². The first-order chi connectivity index (χ1) is 12.8. The lowest BCUT2D eigenvalue weighted by Gasteiger charge is -2.07. The van der Waals surface area contributed by atoms with Crippen molar-refractivity contribution in [2.45, 2.75) is 13.5 Å². The Morgan fingerprint density at radius 3 is 2.30 bits per heavy atom. The molecular formula is C22H20BrN3S. The Hall–Kier alpha value is -2.50. The van der Waals surface area contributed by atoms with Crippen molar-refractivity contribution < 1.29 is 0 Å². The van der Waals surface area contributed by atoms with Gasteiger partial charge in [0.15, 0.2) is 5.82 Å². The third kappa shape index (κ3) is 4.62. The zero-order valence-corrected chi connectivity index (χ0v) is 17.5. The van der Waals surface area contributed by atoms with Crippen molar-refractivity contribution in [1.29, 1.82) is 0 Å². The minimum absolute atomic E-state index is 0. The SMILES string of the molecule is Br.Cc1cccc(-n2sc(=NCc3ccccc3)nc2-c2ccccc2)c1. The van der Waals surface area contributed by atoms with E-state index in [0.29, 0.717) is 6.54 Å². The van der Waals surface area contributed by atoms with E-state index in [0.717, 1.165) is 21.9 Å². The van der Waals surface area contributed by atoms with Crippen molar-refractivity contribution >= 4 is 28.5 Å². The maximum atomic E-state index is 4.82. The number of halogens is 1. The second-order valence-corrected chi connectivity index (χ2v) is 7.02. The number of nitrogens with zero attached hydrogens (tertiary/aromatic N) is 3. The molecule has 27 heavy (non-hydrogen) atoms. The summed E-state index contributed by atoms with van der Waals surface area (Å²) in [5.41, 5.74) is 4.62. The van der Waals surface area contributed by atoms with E-state index in [2.05, 4.69) is 59.4 Å². The normalized spacial score (nSPS) is 11.2. The number of rotatable bonds is 4. The summed E-state index contributed by atoms with van der Waals surface area (Å²) in [4.78, 5) is 10.3. The van der Waals surface area contributed by atoms with Crippen LogP contribution in [0.15, 0.2) is 89.9 Å². The van der Waals surface area contributed by atoms with Crippen LogP contribution in [0, 0.1) is 6.92 Å². The molecule has 0 aliphatic rings. The summed E-state index contributed by atoms with van der Waals surface area (Å²) in [6, 6.07) is 29.0. The van der Waals surface area contributed by atoms with Crippen molar-refractivity contribution in [3.63, 3.8) is 0 Å². The Morgan fingerprint density at radius 1 is 0.889 bits per heavy atom. The topological polar surface area (TPSA) is 30.2 Å². The van der Waals surface area contributed by atoms with E-state index < -0.39 is 0 Å². The van der Waals surface area contributed by atoms with Crippen LogP contribution in [0.25, 0.3) is 17.1 Å². The molecule has 0 bridgehead atoms. The molecule has 0 atom stereocenters. The first-order valence-corrected chi connectivity index (χ1v) is 9.34. The molecule has 1 heterocycles. The lowest BCUT2D eigenvalue weighted by atomic mass is 10.2. The highest BCUT2D eigenvalue weighted by Crippen LogP contribution is 2.22. The molecular weight excluding hydrogens is 418 g/mol. The third-order valence-electron chi connectivity index (χ3n) is 4.07. The van der Waals surface area contributed by atoms with Gasteiger partial charge in [0.25, 0.3) is 0 Å². The van der Waals surface area contributed by atoms with E-state index in [1.807, 2.05) is 36.4 Å². The molecule has 5 heteroatoms. The first-order valence-electron chi connectivity index (χ1n) is 8.57. The van der Waals surface area contributed by atoms with E-state index >= 15 is 0 Å². The summed E-state index contributed by atoms with van der Waals surface area (Å²) >= 11 is 1.57. The van der Waals surface area contributed by atoms with Crippen molar-refractivity contribution in [2.75, 3.05) is 0 Å². The number of aryl methyl sites for hydroxylation is 1. The Kier molecular flexibility index (Phi) is 6.37. The third-order valence-corrected chi connectivity index (χ3v) is 5.02. The largest absolute Gasteiger partial charge is 0.251 e. The van der Waals surface area contributed by atoms with Gasteiger partial charge in [0.05, 0.1) is 12.2 Å². The molecule has 4 aromatic rings. The van der Waals surface area contributed by atoms with Crippen molar-refractivity contribution in [1.82, 2.24) is 8.94 Å². The minimum atomic E-state index is 0. The highest BCUT2D eigenvalue weighted by molar-refractivity contribution is 8.93. The molecule has 0 saturated heterocycles. The molecule has 0 amide bonds. The molecule has 0 spiro atoms. The lowest BCUT2D eigenvalue weighted by molar-refractivity contribution is 0.991. The number of aromatic nitrogens is 2. The van der Waals surface area contributed by atoms with Crippen molar-refractivity contribution in [3.8, 4) is 17.1 Å². The average molecular weight is 438 g/mol. The zero-order valence-electron chi connectivity index (χ0n) is 14.9. The van der Waals surface area contributed by atoms with Gasteiger partial charge in [-0.1, -0.05) is 72.8 Å². The van der Waals surface area contributed by atoms with Crippen LogP contribution in [-0.2, 0) is 6.54 Å². The predicted molar refractivity (Wildman–Crippen MR) is 118 cm³/mol. The lowest BCUT2D eigenvalue weighted by Crippen LogP contribution is -1.99. The fraction of sp³-hybridized carbons (Fsp3) is 0.0909. The summed E-state index contributed by atoms with van der Waals surface area (Å²) in [6.07, 6.45) is 0. The van der Waals surface area contributed by atoms with Gasteiger partial charge in [0.1, 0.15) is 0 Å². The quantitative estimate of drug-likeness (QED) is 0.409. The molecule has 0 aliphatic carbocycles.